The molecule has 0 aromatic rings. The first-order chi connectivity index (χ1) is 3.13. The fourth-order valence-electron chi connectivity index (χ4n) is 0.286. The average Bonchev–Trinajstić information content (AvgIpc) is 1.27. The van der Waals surface area contributed by atoms with Gasteiger partial charge in [-0.15, -0.1) is 5.76 Å². The molecule has 1 radical (unpaired) electrons. The molecule has 0 aliphatic rings. The number of ketones is 1. The van der Waals surface area contributed by atoms with E-state index >= 15 is 0 Å². The van der Waals surface area contributed by atoms with E-state index in [9.17, 15) is 9.90 Å². The smallest absolute Gasteiger partial charge is 0.876 e. The number of carbonyl (C=O) groups excluding carboxylic acids is 1. The molecule has 3 heteroatoms. The van der Waals surface area contributed by atoms with Crippen molar-refractivity contribution in [3.05, 3.63) is 11.8 Å². The van der Waals surface area contributed by atoms with E-state index in [4.69, 9.17) is 0 Å². The summed E-state index contributed by atoms with van der Waals surface area (Å²) in [6.45, 7) is 2.70. The van der Waals surface area contributed by atoms with Crippen LogP contribution in [0, 0.1) is 0 Å². The van der Waals surface area contributed by atoms with Crippen molar-refractivity contribution in [2.24, 2.45) is 0 Å². The molecule has 0 unspecified atom stereocenters. The molecule has 0 rings (SSSR count). The maximum absolute atomic E-state index is 9.98. The third-order valence-corrected chi connectivity index (χ3v) is 0.407. The number of allylic oxidation sites excluding steroid dienone is 2. The molecule has 0 saturated heterocycles. The SMILES string of the molecule is CC(=O)/C=C(/C)[O-].[Pd+]. The minimum absolute atomic E-state index is 0. The molecule has 0 aromatic heterocycles. The molecule has 0 aliphatic carbocycles. The van der Waals surface area contributed by atoms with Gasteiger partial charge in [0.2, 0.25) is 0 Å². The van der Waals surface area contributed by atoms with Crippen LogP contribution in [0.3, 0.4) is 0 Å². The first-order valence-corrected chi connectivity index (χ1v) is 1.99. The molecule has 2 nitrogen and oxygen atoms in total. The van der Waals surface area contributed by atoms with Crippen LogP contribution in [-0.2, 0) is 25.2 Å². The van der Waals surface area contributed by atoms with Crippen LogP contribution >= 0.6 is 0 Å². The Balaban J connectivity index is 0. The van der Waals surface area contributed by atoms with Gasteiger partial charge in [-0.25, -0.2) is 0 Å². The summed E-state index contributed by atoms with van der Waals surface area (Å²) >= 11 is 0. The molecule has 8 heavy (non-hydrogen) atoms. The Hall–Kier alpha value is -0.128. The molecule has 0 bridgehead atoms. The van der Waals surface area contributed by atoms with Gasteiger partial charge in [-0.3, -0.25) is 4.79 Å². The second kappa shape index (κ2) is 5.02. The summed E-state index contributed by atoms with van der Waals surface area (Å²) in [5.41, 5.74) is 0. The standard InChI is InChI=1S/C5H8O2.Pd/c1-4(6)3-5(2)7;/h3,6H,1-2H3;/q;+1/p-1/b4-3-;. The van der Waals surface area contributed by atoms with Crippen LogP contribution in [-0.4, -0.2) is 5.78 Å². The normalized spacial score (nSPS) is 10.0. The van der Waals surface area contributed by atoms with Gasteiger partial charge in [0.1, 0.15) is 0 Å². The number of hydrogen-bond acceptors (Lipinski definition) is 2. The Morgan fingerprint density at radius 1 is 1.50 bits per heavy atom. The minimum atomic E-state index is -0.187. The summed E-state index contributed by atoms with van der Waals surface area (Å²) in [6.07, 6.45) is 1.06. The van der Waals surface area contributed by atoms with Gasteiger partial charge in [0.25, 0.3) is 0 Å². The van der Waals surface area contributed by atoms with Crippen molar-refractivity contribution in [2.75, 3.05) is 0 Å². The van der Waals surface area contributed by atoms with E-state index in [0.717, 1.165) is 6.08 Å². The largest absolute Gasteiger partial charge is 1.00 e. The van der Waals surface area contributed by atoms with Gasteiger partial charge in [-0.05, 0) is 13.0 Å². The second-order valence-electron chi connectivity index (χ2n) is 1.37. The summed E-state index contributed by atoms with van der Waals surface area (Å²) in [4.78, 5) is 9.98. The van der Waals surface area contributed by atoms with Crippen LogP contribution in [0.4, 0.5) is 0 Å². The molecule has 0 N–H and O–H groups in total. The van der Waals surface area contributed by atoms with Crippen LogP contribution in [0.25, 0.3) is 0 Å². The van der Waals surface area contributed by atoms with Crippen LogP contribution in [0.1, 0.15) is 13.8 Å². The van der Waals surface area contributed by atoms with Gasteiger partial charge in [-0.2, -0.15) is 0 Å². The van der Waals surface area contributed by atoms with Crippen LogP contribution in [0.15, 0.2) is 11.8 Å². The average molecular weight is 206 g/mol. The van der Waals surface area contributed by atoms with Crippen molar-refractivity contribution in [1.29, 1.82) is 0 Å². The quantitative estimate of drug-likeness (QED) is 0.339. The van der Waals surface area contributed by atoms with E-state index in [1.807, 2.05) is 0 Å². The van der Waals surface area contributed by atoms with Crippen molar-refractivity contribution in [1.82, 2.24) is 0 Å². The molecule has 0 aliphatic heterocycles. The topological polar surface area (TPSA) is 40.1 Å². The summed E-state index contributed by atoms with van der Waals surface area (Å²) in [7, 11) is 0. The van der Waals surface area contributed by atoms with E-state index in [-0.39, 0.29) is 32.0 Å². The van der Waals surface area contributed by atoms with Crippen LogP contribution in [0.2, 0.25) is 0 Å². The number of carbonyl (C=O) groups is 1. The van der Waals surface area contributed by atoms with Gasteiger partial charge in [0.15, 0.2) is 5.78 Å². The van der Waals surface area contributed by atoms with Gasteiger partial charge in [-0.1, -0.05) is 6.92 Å². The van der Waals surface area contributed by atoms with Crippen molar-refractivity contribution in [3.8, 4) is 0 Å². The van der Waals surface area contributed by atoms with E-state index in [2.05, 4.69) is 0 Å². The first kappa shape index (κ1) is 10.8. The monoisotopic (exact) mass is 205 g/mol. The molecule has 49 valence electrons. The maximum atomic E-state index is 9.98. The summed E-state index contributed by atoms with van der Waals surface area (Å²) in [5, 5.41) is 9.98. The Morgan fingerprint density at radius 3 is 1.88 bits per heavy atom. The predicted octanol–water partition coefficient (Wildman–Crippen LogP) is -0.163. The zero-order valence-corrected chi connectivity index (χ0v) is 6.26. The Labute approximate surface area is 62.2 Å². The fourth-order valence-corrected chi connectivity index (χ4v) is 0.286. The third-order valence-electron chi connectivity index (χ3n) is 0.407. The van der Waals surface area contributed by atoms with E-state index < -0.39 is 0 Å². The van der Waals surface area contributed by atoms with Crippen molar-refractivity contribution in [3.63, 3.8) is 0 Å². The summed E-state index contributed by atoms with van der Waals surface area (Å²) in [6, 6.07) is 0. The minimum Gasteiger partial charge on any atom is -0.876 e. The zero-order valence-electron chi connectivity index (χ0n) is 4.71. The first-order valence-electron chi connectivity index (χ1n) is 1.99. The molecule has 0 aromatic carbocycles. The Kier molecular flexibility index (Phi) is 6.76. The maximum Gasteiger partial charge on any atom is 1.00 e. The molecular formula is C5H7O2Pd. The molecule has 0 spiro atoms. The van der Waals surface area contributed by atoms with E-state index in [1.165, 1.54) is 13.8 Å². The van der Waals surface area contributed by atoms with Gasteiger partial charge >= 0.3 is 20.4 Å². The fraction of sp³-hybridized carbons (Fsp3) is 0.400. The van der Waals surface area contributed by atoms with Crippen molar-refractivity contribution >= 4 is 5.78 Å². The Bertz CT molecular complexity index is 103. The summed E-state index contributed by atoms with van der Waals surface area (Å²) < 4.78 is 0. The number of hydrogen-bond donors (Lipinski definition) is 0. The van der Waals surface area contributed by atoms with Gasteiger partial charge in [0.05, 0.1) is 0 Å². The second-order valence-corrected chi connectivity index (χ2v) is 1.37. The van der Waals surface area contributed by atoms with E-state index in [0.29, 0.717) is 0 Å². The molecule has 0 atom stereocenters. The van der Waals surface area contributed by atoms with Crippen molar-refractivity contribution < 1.29 is 30.3 Å². The molecule has 0 heterocycles. The number of rotatable bonds is 1. The van der Waals surface area contributed by atoms with Crippen molar-refractivity contribution in [2.45, 2.75) is 13.8 Å². The predicted molar refractivity (Wildman–Crippen MR) is 24.4 cm³/mol. The van der Waals surface area contributed by atoms with Crippen LogP contribution < -0.4 is 5.11 Å². The Morgan fingerprint density at radius 2 is 1.88 bits per heavy atom. The molecule has 0 saturated carbocycles. The van der Waals surface area contributed by atoms with E-state index in [1.54, 1.807) is 0 Å². The zero-order chi connectivity index (χ0) is 5.86. The molecule has 0 amide bonds. The van der Waals surface area contributed by atoms with Gasteiger partial charge in [0, 0.05) is 0 Å². The van der Waals surface area contributed by atoms with Gasteiger partial charge < -0.3 is 5.11 Å². The summed E-state index contributed by atoms with van der Waals surface area (Å²) in [5.74, 6) is -0.375. The molecule has 0 fully saturated rings. The van der Waals surface area contributed by atoms with Crippen LogP contribution in [0.5, 0.6) is 0 Å². The third kappa shape index (κ3) is 9.30. The molecular weight excluding hydrogens is 198 g/mol.